The lowest BCUT2D eigenvalue weighted by atomic mass is 10.2. The van der Waals surface area contributed by atoms with Gasteiger partial charge in [0.25, 0.3) is 11.8 Å². The summed E-state index contributed by atoms with van der Waals surface area (Å²) < 4.78 is 4.98. The summed E-state index contributed by atoms with van der Waals surface area (Å²) in [5, 5.41) is 7.29. The van der Waals surface area contributed by atoms with E-state index in [2.05, 4.69) is 10.6 Å². The molecule has 0 aliphatic carbocycles. The molecule has 0 saturated heterocycles. The Kier molecular flexibility index (Phi) is 6.71. The molecule has 0 saturated carbocycles. The molecular weight excluding hydrogens is 340 g/mol. The lowest BCUT2D eigenvalue weighted by Gasteiger charge is -2.11. The minimum atomic E-state index is -0.588. The monoisotopic (exact) mass is 360 g/mol. The first kappa shape index (κ1) is 18.7. The maximum Gasteiger partial charge on any atom is 0.338 e. The average molecular weight is 360 g/mol. The van der Waals surface area contributed by atoms with Gasteiger partial charge in [-0.05, 0) is 49.1 Å². The first-order valence-electron chi connectivity index (χ1n) is 7.91. The molecule has 0 bridgehead atoms. The van der Waals surface area contributed by atoms with Crippen LogP contribution in [0.25, 0.3) is 0 Å². The van der Waals surface area contributed by atoms with Gasteiger partial charge in [0.05, 0.1) is 10.4 Å². The van der Waals surface area contributed by atoms with E-state index in [1.54, 1.807) is 36.4 Å². The Balaban J connectivity index is 1.85. The van der Waals surface area contributed by atoms with Gasteiger partial charge in [0.1, 0.15) is 0 Å². The van der Waals surface area contributed by atoms with Gasteiger partial charge < -0.3 is 15.4 Å². The highest BCUT2D eigenvalue weighted by Crippen LogP contribution is 2.14. The lowest BCUT2D eigenvalue weighted by molar-refractivity contribution is -0.124. The predicted octanol–water partition coefficient (Wildman–Crippen LogP) is 3.07. The van der Waals surface area contributed by atoms with Crippen molar-refractivity contribution < 1.29 is 19.1 Å². The minimum absolute atomic E-state index is 0.0393. The van der Waals surface area contributed by atoms with E-state index in [9.17, 15) is 14.4 Å². The Morgan fingerprint density at radius 2 is 1.88 bits per heavy atom. The van der Waals surface area contributed by atoms with Crippen molar-refractivity contribution in [2.24, 2.45) is 0 Å². The summed E-state index contributed by atoms with van der Waals surface area (Å²) in [7, 11) is 0. The third-order valence-electron chi connectivity index (χ3n) is 3.48. The smallest absolute Gasteiger partial charge is 0.338 e. The minimum Gasteiger partial charge on any atom is -0.452 e. The molecule has 0 unspecified atom stereocenters. The SMILES string of the molecule is CC[C@H](C)NC(=O)COC(=O)c1ccc(NC(=O)c2cccs2)cc1. The molecule has 2 rings (SSSR count). The number of ether oxygens (including phenoxy) is 1. The second-order valence-electron chi connectivity index (χ2n) is 5.46. The molecule has 25 heavy (non-hydrogen) atoms. The van der Waals surface area contributed by atoms with E-state index >= 15 is 0 Å². The van der Waals surface area contributed by atoms with Crippen LogP contribution >= 0.6 is 11.3 Å². The fourth-order valence-corrected chi connectivity index (χ4v) is 2.54. The standard InChI is InChI=1S/C18H20N2O4S/c1-3-12(2)19-16(21)11-24-18(23)13-6-8-14(9-7-13)20-17(22)15-5-4-10-25-15/h4-10,12H,3,11H2,1-2H3,(H,19,21)(H,20,22)/t12-/m0/s1. The fourth-order valence-electron chi connectivity index (χ4n) is 1.92. The van der Waals surface area contributed by atoms with Crippen LogP contribution in [0.3, 0.4) is 0 Å². The van der Waals surface area contributed by atoms with Gasteiger partial charge >= 0.3 is 5.97 Å². The highest BCUT2D eigenvalue weighted by Gasteiger charge is 2.12. The van der Waals surface area contributed by atoms with Gasteiger partial charge in [-0.25, -0.2) is 4.79 Å². The van der Waals surface area contributed by atoms with E-state index < -0.39 is 5.97 Å². The normalized spacial score (nSPS) is 11.4. The van der Waals surface area contributed by atoms with Crippen LogP contribution in [0.1, 0.15) is 40.3 Å². The number of carbonyl (C=O) groups excluding carboxylic acids is 3. The molecule has 0 aliphatic rings. The molecule has 2 amide bonds. The highest BCUT2D eigenvalue weighted by atomic mass is 32.1. The van der Waals surface area contributed by atoms with E-state index in [4.69, 9.17) is 4.74 Å². The van der Waals surface area contributed by atoms with E-state index in [1.807, 2.05) is 19.2 Å². The molecule has 7 heteroatoms. The van der Waals surface area contributed by atoms with Crippen LogP contribution in [0.15, 0.2) is 41.8 Å². The number of nitrogens with one attached hydrogen (secondary N) is 2. The largest absolute Gasteiger partial charge is 0.452 e. The molecule has 0 radical (unpaired) electrons. The number of thiophene rings is 1. The molecule has 1 atom stereocenters. The summed E-state index contributed by atoms with van der Waals surface area (Å²) >= 11 is 1.35. The van der Waals surface area contributed by atoms with Crippen molar-refractivity contribution in [3.05, 3.63) is 52.2 Å². The van der Waals surface area contributed by atoms with Crippen molar-refractivity contribution in [1.29, 1.82) is 0 Å². The molecule has 1 heterocycles. The van der Waals surface area contributed by atoms with Crippen LogP contribution in [0, 0.1) is 0 Å². The summed E-state index contributed by atoms with van der Waals surface area (Å²) in [6.07, 6.45) is 0.804. The zero-order valence-corrected chi connectivity index (χ0v) is 14.9. The van der Waals surface area contributed by atoms with E-state index in [-0.39, 0.29) is 24.5 Å². The Morgan fingerprint density at radius 1 is 1.16 bits per heavy atom. The summed E-state index contributed by atoms with van der Waals surface area (Å²) in [6.45, 7) is 3.51. The number of rotatable bonds is 7. The van der Waals surface area contributed by atoms with Crippen LogP contribution in [0.2, 0.25) is 0 Å². The maximum atomic E-state index is 11.9. The molecule has 6 nitrogen and oxygen atoms in total. The summed E-state index contributed by atoms with van der Waals surface area (Å²) in [6, 6.07) is 9.88. The number of hydrogen-bond donors (Lipinski definition) is 2. The maximum absolute atomic E-state index is 11.9. The Labute approximate surface area is 150 Å². The van der Waals surface area contributed by atoms with Crippen LogP contribution < -0.4 is 10.6 Å². The highest BCUT2D eigenvalue weighted by molar-refractivity contribution is 7.12. The zero-order chi connectivity index (χ0) is 18.2. The summed E-state index contributed by atoms with van der Waals surface area (Å²) in [5.41, 5.74) is 0.884. The van der Waals surface area contributed by atoms with Gasteiger partial charge in [-0.3, -0.25) is 9.59 Å². The van der Waals surface area contributed by atoms with Crippen molar-refractivity contribution in [1.82, 2.24) is 5.32 Å². The van der Waals surface area contributed by atoms with E-state index in [0.29, 0.717) is 16.1 Å². The van der Waals surface area contributed by atoms with Crippen molar-refractivity contribution >= 4 is 34.8 Å². The third kappa shape index (κ3) is 5.72. The van der Waals surface area contributed by atoms with Gasteiger partial charge in [0.2, 0.25) is 0 Å². The fraction of sp³-hybridized carbons (Fsp3) is 0.278. The number of hydrogen-bond acceptors (Lipinski definition) is 5. The van der Waals surface area contributed by atoms with Crippen molar-refractivity contribution in [3.8, 4) is 0 Å². The van der Waals surface area contributed by atoms with Crippen molar-refractivity contribution in [2.45, 2.75) is 26.3 Å². The molecule has 0 spiro atoms. The molecule has 0 aliphatic heterocycles. The van der Waals surface area contributed by atoms with Gasteiger partial charge in [0, 0.05) is 11.7 Å². The van der Waals surface area contributed by atoms with E-state index in [0.717, 1.165) is 6.42 Å². The second-order valence-corrected chi connectivity index (χ2v) is 6.41. The number of benzene rings is 1. The first-order valence-corrected chi connectivity index (χ1v) is 8.79. The van der Waals surface area contributed by atoms with Gasteiger partial charge in [-0.1, -0.05) is 13.0 Å². The van der Waals surface area contributed by atoms with E-state index in [1.165, 1.54) is 11.3 Å². The Bertz CT molecular complexity index is 726. The molecule has 132 valence electrons. The number of carbonyl (C=O) groups is 3. The zero-order valence-electron chi connectivity index (χ0n) is 14.1. The van der Waals surface area contributed by atoms with Crippen LogP contribution in [-0.4, -0.2) is 30.4 Å². The molecule has 1 aromatic heterocycles. The quantitative estimate of drug-likeness (QED) is 0.743. The van der Waals surface area contributed by atoms with Crippen molar-refractivity contribution in [2.75, 3.05) is 11.9 Å². The second kappa shape index (κ2) is 8.98. The lowest BCUT2D eigenvalue weighted by Crippen LogP contribution is -2.35. The van der Waals surface area contributed by atoms with Crippen molar-refractivity contribution in [3.63, 3.8) is 0 Å². The van der Waals surface area contributed by atoms with Gasteiger partial charge in [0.15, 0.2) is 6.61 Å². The average Bonchev–Trinajstić information content (AvgIpc) is 3.15. The van der Waals surface area contributed by atoms with Gasteiger partial charge in [-0.15, -0.1) is 11.3 Å². The summed E-state index contributed by atoms with van der Waals surface area (Å²) in [5.74, 6) is -1.12. The molecule has 2 aromatic rings. The Hall–Kier alpha value is -2.67. The van der Waals surface area contributed by atoms with Crippen LogP contribution in [-0.2, 0) is 9.53 Å². The Morgan fingerprint density at radius 3 is 2.48 bits per heavy atom. The van der Waals surface area contributed by atoms with Crippen LogP contribution in [0.5, 0.6) is 0 Å². The molecular formula is C18H20N2O4S. The predicted molar refractivity (Wildman–Crippen MR) is 96.9 cm³/mol. The number of esters is 1. The summed E-state index contributed by atoms with van der Waals surface area (Å²) in [4.78, 5) is 36.1. The van der Waals surface area contributed by atoms with Crippen LogP contribution in [0.4, 0.5) is 5.69 Å². The first-order chi connectivity index (χ1) is 12.0. The number of anilines is 1. The topological polar surface area (TPSA) is 84.5 Å². The molecule has 0 fully saturated rings. The third-order valence-corrected chi connectivity index (χ3v) is 4.35. The number of amides is 2. The molecule has 1 aromatic carbocycles. The van der Waals surface area contributed by atoms with Gasteiger partial charge in [-0.2, -0.15) is 0 Å². The molecule has 2 N–H and O–H groups in total.